The first-order chi connectivity index (χ1) is 8.52. The van der Waals surface area contributed by atoms with Crippen molar-refractivity contribution in [3.05, 3.63) is 52.6 Å². The van der Waals surface area contributed by atoms with Crippen LogP contribution in [0.1, 0.15) is 36.2 Å². The van der Waals surface area contributed by atoms with Gasteiger partial charge in [0, 0.05) is 33.2 Å². The fourth-order valence-corrected chi connectivity index (χ4v) is 1.91. The molecule has 0 saturated heterocycles. The molecular formula is C15H14NiO3. The summed E-state index contributed by atoms with van der Waals surface area (Å²) in [5, 5.41) is 10.1. The minimum absolute atomic E-state index is 0. The van der Waals surface area contributed by atoms with Gasteiger partial charge in [-0.15, -0.1) is 0 Å². The number of carbonyl (C=O) groups excluding carboxylic acids is 2. The van der Waals surface area contributed by atoms with Gasteiger partial charge in [-0.05, 0) is 20.3 Å². The molecule has 19 heavy (non-hydrogen) atoms. The molecule has 0 aliphatic heterocycles. The molecule has 0 aromatic heterocycles. The maximum Gasteiger partial charge on any atom is 0.234 e. The molecule has 0 atom stereocenters. The number of Topliss-reactive ketones (excluding diaryl/α,β-unsaturated/α-hetero) is 2. The van der Waals surface area contributed by atoms with Crippen LogP contribution < -0.4 is 0 Å². The van der Waals surface area contributed by atoms with Gasteiger partial charge >= 0.3 is 0 Å². The van der Waals surface area contributed by atoms with E-state index in [1.54, 1.807) is 24.3 Å². The van der Waals surface area contributed by atoms with Crippen LogP contribution in [-0.2, 0) is 21.3 Å². The van der Waals surface area contributed by atoms with Crippen molar-refractivity contribution in [2.75, 3.05) is 0 Å². The molecule has 1 N–H and O–H groups in total. The van der Waals surface area contributed by atoms with Crippen LogP contribution in [0.4, 0.5) is 0 Å². The number of carbonyl (C=O) groups is 2. The molecule has 4 heteroatoms. The van der Waals surface area contributed by atoms with Crippen molar-refractivity contribution >= 4 is 17.3 Å². The van der Waals surface area contributed by atoms with Gasteiger partial charge in [-0.25, -0.2) is 0 Å². The molecule has 0 bridgehead atoms. The van der Waals surface area contributed by atoms with E-state index in [1.807, 2.05) is 19.9 Å². The molecule has 0 spiro atoms. The van der Waals surface area contributed by atoms with Crippen molar-refractivity contribution in [2.45, 2.75) is 20.3 Å². The number of benzene rings is 1. The van der Waals surface area contributed by atoms with Crippen LogP contribution in [-0.4, -0.2) is 16.7 Å². The zero-order valence-electron chi connectivity index (χ0n) is 10.7. The van der Waals surface area contributed by atoms with Gasteiger partial charge in [-0.2, -0.15) is 0 Å². The third-order valence-electron chi connectivity index (χ3n) is 2.91. The fourth-order valence-electron chi connectivity index (χ4n) is 1.91. The van der Waals surface area contributed by atoms with E-state index in [4.69, 9.17) is 0 Å². The second-order valence-electron chi connectivity index (χ2n) is 4.52. The van der Waals surface area contributed by atoms with Gasteiger partial charge in [-0.3, -0.25) is 9.59 Å². The third kappa shape index (κ3) is 2.85. The van der Waals surface area contributed by atoms with Crippen LogP contribution in [0, 0.1) is 0 Å². The van der Waals surface area contributed by atoms with Gasteiger partial charge in [0.1, 0.15) is 5.76 Å². The van der Waals surface area contributed by atoms with Crippen LogP contribution in [0.2, 0.25) is 0 Å². The van der Waals surface area contributed by atoms with Crippen molar-refractivity contribution in [3.63, 3.8) is 0 Å². The van der Waals surface area contributed by atoms with Crippen molar-refractivity contribution in [3.8, 4) is 0 Å². The summed E-state index contributed by atoms with van der Waals surface area (Å²) in [6.45, 7) is 3.81. The van der Waals surface area contributed by atoms with Gasteiger partial charge < -0.3 is 5.11 Å². The minimum atomic E-state index is -0.608. The third-order valence-corrected chi connectivity index (χ3v) is 2.91. The maximum absolute atomic E-state index is 11.9. The second kappa shape index (κ2) is 5.98. The summed E-state index contributed by atoms with van der Waals surface area (Å²) in [6.07, 6.45) is 2.11. The van der Waals surface area contributed by atoms with Gasteiger partial charge in [0.2, 0.25) is 11.6 Å². The molecule has 0 radical (unpaired) electrons. The molecule has 3 nitrogen and oxygen atoms in total. The number of allylic oxidation sites excluding steroid dienone is 3. The standard InChI is InChI=1S/C15H14O3.Ni/c1-9(2)7-8-12-13(16)10-5-3-4-6-11(10)14(17)15(12)18;/h3-7,16H,8H2,1-2H3;. The maximum atomic E-state index is 11.9. The average Bonchev–Trinajstić information content (AvgIpc) is 2.36. The first kappa shape index (κ1) is 15.4. The normalized spacial score (nSPS) is 13.8. The Labute approximate surface area is 121 Å². The van der Waals surface area contributed by atoms with E-state index < -0.39 is 11.6 Å². The largest absolute Gasteiger partial charge is 0.507 e. The van der Waals surface area contributed by atoms with Crippen LogP contribution in [0.5, 0.6) is 0 Å². The Kier molecular flexibility index (Phi) is 4.85. The van der Waals surface area contributed by atoms with Gasteiger partial charge in [0.15, 0.2) is 0 Å². The molecular weight excluding hydrogens is 287 g/mol. The number of hydrogen-bond acceptors (Lipinski definition) is 3. The predicted octanol–water partition coefficient (Wildman–Crippen LogP) is 3.07. The number of rotatable bonds is 2. The van der Waals surface area contributed by atoms with Crippen LogP contribution >= 0.6 is 0 Å². The van der Waals surface area contributed by atoms with E-state index >= 15 is 0 Å². The number of aliphatic hydroxyl groups is 1. The van der Waals surface area contributed by atoms with E-state index in [9.17, 15) is 14.7 Å². The predicted molar refractivity (Wildman–Crippen MR) is 69.4 cm³/mol. The van der Waals surface area contributed by atoms with Crippen LogP contribution in [0.25, 0.3) is 5.76 Å². The first-order valence-electron chi connectivity index (χ1n) is 5.76. The molecule has 0 saturated carbocycles. The molecule has 102 valence electrons. The topological polar surface area (TPSA) is 54.4 Å². The molecule has 1 aliphatic rings. The first-order valence-corrected chi connectivity index (χ1v) is 5.76. The molecule has 0 fully saturated rings. The Morgan fingerprint density at radius 3 is 2.26 bits per heavy atom. The quantitative estimate of drug-likeness (QED) is 0.519. The molecule has 0 unspecified atom stereocenters. The molecule has 2 rings (SSSR count). The summed E-state index contributed by atoms with van der Waals surface area (Å²) >= 11 is 0. The summed E-state index contributed by atoms with van der Waals surface area (Å²) in [5.41, 5.74) is 1.94. The SMILES string of the molecule is CC(C)=CCC1=C(O)c2ccccc2C(=O)C1=O.[Ni]. The molecule has 0 heterocycles. The van der Waals surface area contributed by atoms with Gasteiger partial charge in [0.25, 0.3) is 0 Å². The average molecular weight is 301 g/mol. The van der Waals surface area contributed by atoms with Crippen LogP contribution in [0.3, 0.4) is 0 Å². The Balaban J connectivity index is 0.00000180. The van der Waals surface area contributed by atoms with E-state index in [0.717, 1.165) is 5.57 Å². The molecule has 1 aromatic rings. The Hall–Kier alpha value is -1.67. The second-order valence-corrected chi connectivity index (χ2v) is 4.52. The van der Waals surface area contributed by atoms with Crippen LogP contribution in [0.15, 0.2) is 41.5 Å². The van der Waals surface area contributed by atoms with E-state index in [2.05, 4.69) is 0 Å². The number of aliphatic hydroxyl groups excluding tert-OH is 1. The zero-order chi connectivity index (χ0) is 13.3. The Morgan fingerprint density at radius 1 is 1.11 bits per heavy atom. The van der Waals surface area contributed by atoms with Crippen molar-refractivity contribution in [1.82, 2.24) is 0 Å². The number of fused-ring (bicyclic) bond motifs is 1. The summed E-state index contributed by atoms with van der Waals surface area (Å²) in [7, 11) is 0. The van der Waals surface area contributed by atoms with Crippen molar-refractivity contribution in [2.24, 2.45) is 0 Å². The minimum Gasteiger partial charge on any atom is -0.507 e. The van der Waals surface area contributed by atoms with E-state index in [0.29, 0.717) is 5.56 Å². The van der Waals surface area contributed by atoms with E-state index in [1.165, 1.54) is 0 Å². The van der Waals surface area contributed by atoms with E-state index in [-0.39, 0.29) is 39.8 Å². The summed E-state index contributed by atoms with van der Waals surface area (Å²) in [5.74, 6) is -1.23. The fraction of sp³-hybridized carbons (Fsp3) is 0.200. The Morgan fingerprint density at radius 2 is 1.68 bits per heavy atom. The van der Waals surface area contributed by atoms with Crippen molar-refractivity contribution < 1.29 is 31.2 Å². The molecule has 1 aliphatic carbocycles. The molecule has 0 amide bonds. The smallest absolute Gasteiger partial charge is 0.234 e. The van der Waals surface area contributed by atoms with Gasteiger partial charge in [-0.1, -0.05) is 35.9 Å². The monoisotopic (exact) mass is 300 g/mol. The summed E-state index contributed by atoms with van der Waals surface area (Å²) < 4.78 is 0. The number of hydrogen-bond donors (Lipinski definition) is 1. The Bertz CT molecular complexity index is 593. The zero-order valence-corrected chi connectivity index (χ0v) is 11.7. The molecule has 1 aromatic carbocycles. The summed E-state index contributed by atoms with van der Waals surface area (Å²) in [6, 6.07) is 6.62. The van der Waals surface area contributed by atoms with Gasteiger partial charge in [0.05, 0.1) is 0 Å². The number of ketones is 2. The summed E-state index contributed by atoms with van der Waals surface area (Å²) in [4.78, 5) is 23.8. The van der Waals surface area contributed by atoms with Crippen molar-refractivity contribution in [1.29, 1.82) is 0 Å².